The minimum atomic E-state index is -0.489. The second-order valence-electron chi connectivity index (χ2n) is 7.17. The Labute approximate surface area is 151 Å². The SMILES string of the molecule is Cn1c(=O)[nH]cc(CC(=O)N2CCCC[C@H]2CCN2CCCC2=O)c1=O. The van der Waals surface area contributed by atoms with Crippen molar-refractivity contribution in [2.45, 2.75) is 51.0 Å². The zero-order valence-electron chi connectivity index (χ0n) is 15.2. The normalized spacial score (nSPS) is 20.7. The first-order valence-electron chi connectivity index (χ1n) is 9.32. The van der Waals surface area contributed by atoms with Crippen LogP contribution < -0.4 is 11.2 Å². The van der Waals surface area contributed by atoms with Gasteiger partial charge in [0.25, 0.3) is 5.56 Å². The monoisotopic (exact) mass is 362 g/mol. The molecule has 3 heterocycles. The van der Waals surface area contributed by atoms with E-state index in [1.807, 2.05) is 9.80 Å². The Hall–Kier alpha value is -2.38. The van der Waals surface area contributed by atoms with Crippen molar-refractivity contribution in [1.29, 1.82) is 0 Å². The predicted octanol–water partition coefficient (Wildman–Crippen LogP) is 0.00970. The van der Waals surface area contributed by atoms with Gasteiger partial charge in [-0.2, -0.15) is 0 Å². The van der Waals surface area contributed by atoms with E-state index in [4.69, 9.17) is 0 Å². The molecule has 0 radical (unpaired) electrons. The Morgan fingerprint density at radius 2 is 2.00 bits per heavy atom. The number of piperidine rings is 1. The van der Waals surface area contributed by atoms with Crippen LogP contribution in [-0.4, -0.2) is 56.8 Å². The van der Waals surface area contributed by atoms with E-state index in [0.717, 1.165) is 43.2 Å². The lowest BCUT2D eigenvalue weighted by Crippen LogP contribution is -2.46. The summed E-state index contributed by atoms with van der Waals surface area (Å²) in [4.78, 5) is 54.4. The highest BCUT2D eigenvalue weighted by atomic mass is 16.2. The Bertz CT molecular complexity index is 797. The number of hydrogen-bond donors (Lipinski definition) is 1. The van der Waals surface area contributed by atoms with Gasteiger partial charge in [0.2, 0.25) is 11.8 Å². The van der Waals surface area contributed by atoms with Gasteiger partial charge in [-0.05, 0) is 32.1 Å². The third-order valence-corrected chi connectivity index (χ3v) is 5.45. The molecule has 26 heavy (non-hydrogen) atoms. The van der Waals surface area contributed by atoms with E-state index < -0.39 is 11.2 Å². The average molecular weight is 362 g/mol. The van der Waals surface area contributed by atoms with Crippen molar-refractivity contribution >= 4 is 11.8 Å². The molecule has 3 rings (SSSR count). The molecule has 2 aliphatic rings. The van der Waals surface area contributed by atoms with Gasteiger partial charge in [0.05, 0.1) is 6.42 Å². The molecule has 1 aromatic heterocycles. The lowest BCUT2D eigenvalue weighted by molar-refractivity contribution is -0.134. The molecular weight excluding hydrogens is 336 g/mol. The van der Waals surface area contributed by atoms with Crippen LogP contribution in [-0.2, 0) is 23.1 Å². The molecule has 0 unspecified atom stereocenters. The molecule has 142 valence electrons. The van der Waals surface area contributed by atoms with E-state index in [2.05, 4.69) is 4.98 Å². The molecule has 2 aliphatic heterocycles. The van der Waals surface area contributed by atoms with E-state index in [1.165, 1.54) is 13.2 Å². The maximum absolute atomic E-state index is 12.8. The second kappa shape index (κ2) is 7.88. The number of carbonyl (C=O) groups excluding carboxylic acids is 2. The topological polar surface area (TPSA) is 95.5 Å². The number of rotatable bonds is 5. The van der Waals surface area contributed by atoms with E-state index in [-0.39, 0.29) is 24.3 Å². The van der Waals surface area contributed by atoms with Crippen LogP contribution >= 0.6 is 0 Å². The summed E-state index contributed by atoms with van der Waals surface area (Å²) in [6.45, 7) is 2.18. The van der Waals surface area contributed by atoms with Gasteiger partial charge in [0, 0.05) is 50.9 Å². The largest absolute Gasteiger partial charge is 0.343 e. The van der Waals surface area contributed by atoms with Crippen LogP contribution in [0.4, 0.5) is 0 Å². The summed E-state index contributed by atoms with van der Waals surface area (Å²) in [6, 6.07) is 0.108. The number of H-pyrrole nitrogens is 1. The third kappa shape index (κ3) is 3.89. The highest BCUT2D eigenvalue weighted by Crippen LogP contribution is 2.22. The zero-order valence-corrected chi connectivity index (χ0v) is 15.2. The fraction of sp³-hybridized carbons (Fsp3) is 0.667. The molecule has 2 fully saturated rings. The molecule has 0 aromatic carbocycles. The van der Waals surface area contributed by atoms with Crippen molar-refractivity contribution in [3.8, 4) is 0 Å². The van der Waals surface area contributed by atoms with Crippen LogP contribution in [0.2, 0.25) is 0 Å². The summed E-state index contributed by atoms with van der Waals surface area (Å²) in [7, 11) is 1.39. The quantitative estimate of drug-likeness (QED) is 0.798. The van der Waals surface area contributed by atoms with Gasteiger partial charge in [-0.25, -0.2) is 4.79 Å². The summed E-state index contributed by atoms with van der Waals surface area (Å²) in [5.74, 6) is 0.113. The Kier molecular flexibility index (Phi) is 5.58. The maximum atomic E-state index is 12.8. The first-order chi connectivity index (χ1) is 12.5. The van der Waals surface area contributed by atoms with Crippen molar-refractivity contribution in [3.05, 3.63) is 32.6 Å². The molecule has 2 saturated heterocycles. The van der Waals surface area contributed by atoms with Gasteiger partial charge < -0.3 is 14.8 Å². The second-order valence-corrected chi connectivity index (χ2v) is 7.17. The van der Waals surface area contributed by atoms with E-state index in [0.29, 0.717) is 25.1 Å². The number of aromatic nitrogens is 2. The number of carbonyl (C=O) groups is 2. The summed E-state index contributed by atoms with van der Waals surface area (Å²) < 4.78 is 0.981. The van der Waals surface area contributed by atoms with Gasteiger partial charge in [-0.1, -0.05) is 0 Å². The van der Waals surface area contributed by atoms with Crippen LogP contribution in [0.15, 0.2) is 15.8 Å². The van der Waals surface area contributed by atoms with Crippen molar-refractivity contribution in [1.82, 2.24) is 19.4 Å². The predicted molar refractivity (Wildman–Crippen MR) is 95.8 cm³/mol. The van der Waals surface area contributed by atoms with Crippen LogP contribution in [0.25, 0.3) is 0 Å². The molecule has 0 spiro atoms. The summed E-state index contributed by atoms with van der Waals surface area (Å²) >= 11 is 0. The van der Waals surface area contributed by atoms with Gasteiger partial charge in [-0.15, -0.1) is 0 Å². The first kappa shape index (κ1) is 18.4. The molecule has 1 aromatic rings. The van der Waals surface area contributed by atoms with Crippen LogP contribution in [0.1, 0.15) is 44.1 Å². The lowest BCUT2D eigenvalue weighted by atomic mass is 9.98. The molecule has 0 aliphatic carbocycles. The number of amides is 2. The fourth-order valence-electron chi connectivity index (χ4n) is 3.88. The number of hydrogen-bond acceptors (Lipinski definition) is 4. The molecule has 0 bridgehead atoms. The van der Waals surface area contributed by atoms with Gasteiger partial charge in [0.15, 0.2) is 0 Å². The summed E-state index contributed by atoms with van der Waals surface area (Å²) in [6.07, 6.45) is 6.60. The molecule has 2 amide bonds. The molecular formula is C18H26N4O4. The lowest BCUT2D eigenvalue weighted by Gasteiger charge is -2.36. The average Bonchev–Trinajstić information content (AvgIpc) is 3.05. The molecule has 1 atom stereocenters. The van der Waals surface area contributed by atoms with Crippen LogP contribution in [0, 0.1) is 0 Å². The number of likely N-dealkylation sites (tertiary alicyclic amines) is 2. The number of nitrogens with one attached hydrogen (secondary N) is 1. The summed E-state index contributed by atoms with van der Waals surface area (Å²) in [5, 5.41) is 0. The minimum Gasteiger partial charge on any atom is -0.343 e. The molecule has 0 saturated carbocycles. The van der Waals surface area contributed by atoms with Crippen molar-refractivity contribution < 1.29 is 9.59 Å². The molecule has 1 N–H and O–H groups in total. The molecule has 8 nitrogen and oxygen atoms in total. The maximum Gasteiger partial charge on any atom is 0.328 e. The number of nitrogens with zero attached hydrogens (tertiary/aromatic N) is 3. The van der Waals surface area contributed by atoms with Gasteiger partial charge >= 0.3 is 5.69 Å². The zero-order chi connectivity index (χ0) is 18.7. The number of aromatic amines is 1. The third-order valence-electron chi connectivity index (χ3n) is 5.45. The van der Waals surface area contributed by atoms with E-state index >= 15 is 0 Å². The van der Waals surface area contributed by atoms with E-state index in [9.17, 15) is 19.2 Å². The Balaban J connectivity index is 1.66. The van der Waals surface area contributed by atoms with Gasteiger partial charge in [-0.3, -0.25) is 19.0 Å². The van der Waals surface area contributed by atoms with E-state index in [1.54, 1.807) is 0 Å². The Morgan fingerprint density at radius 3 is 2.73 bits per heavy atom. The minimum absolute atomic E-state index is 0.0113. The fourth-order valence-corrected chi connectivity index (χ4v) is 3.88. The van der Waals surface area contributed by atoms with Crippen LogP contribution in [0.5, 0.6) is 0 Å². The van der Waals surface area contributed by atoms with Gasteiger partial charge in [0.1, 0.15) is 0 Å². The Morgan fingerprint density at radius 1 is 1.19 bits per heavy atom. The first-order valence-corrected chi connectivity index (χ1v) is 9.32. The highest BCUT2D eigenvalue weighted by molar-refractivity contribution is 5.79. The smallest absolute Gasteiger partial charge is 0.328 e. The molecule has 8 heteroatoms. The van der Waals surface area contributed by atoms with Crippen molar-refractivity contribution in [2.75, 3.05) is 19.6 Å². The van der Waals surface area contributed by atoms with Crippen molar-refractivity contribution in [2.24, 2.45) is 7.05 Å². The standard InChI is InChI=1S/C18H26N4O4/c1-20-17(25)13(12-19-18(20)26)11-16(24)22-9-3-2-5-14(22)7-10-21-8-4-6-15(21)23/h12,14H,2-11H2,1H3,(H,19,26)/t14-/m0/s1. The van der Waals surface area contributed by atoms with Crippen molar-refractivity contribution in [3.63, 3.8) is 0 Å². The van der Waals surface area contributed by atoms with Crippen LogP contribution in [0.3, 0.4) is 0 Å². The highest BCUT2D eigenvalue weighted by Gasteiger charge is 2.29. The summed E-state index contributed by atoms with van der Waals surface area (Å²) in [5.41, 5.74) is -0.619.